The van der Waals surface area contributed by atoms with E-state index in [0.717, 1.165) is 47.3 Å². The van der Waals surface area contributed by atoms with Crippen molar-refractivity contribution in [3.8, 4) is 0 Å². The van der Waals surface area contributed by atoms with Crippen LogP contribution in [0.2, 0.25) is 0 Å². The molecule has 2 N–H and O–H groups in total. The number of carboxylic acid groups (broad SMARTS) is 1. The minimum atomic E-state index is -0.919. The Bertz CT molecular complexity index is 1200. The highest BCUT2D eigenvalue weighted by atomic mass is 17.1. The Kier molecular flexibility index (Phi) is 24.9. The summed E-state index contributed by atoms with van der Waals surface area (Å²) >= 11 is 0. The van der Waals surface area contributed by atoms with E-state index in [2.05, 4.69) is 26.0 Å². The molecule has 0 aromatic heterocycles. The molecule has 0 spiro atoms. The van der Waals surface area contributed by atoms with Crippen molar-refractivity contribution in [3.63, 3.8) is 0 Å². The molecule has 4 aliphatic heterocycles. The highest BCUT2D eigenvalue weighted by Crippen LogP contribution is 2.27. The fourth-order valence-electron chi connectivity index (χ4n) is 4.05. The summed E-state index contributed by atoms with van der Waals surface area (Å²) in [4.78, 5) is 77.2. The van der Waals surface area contributed by atoms with Crippen molar-refractivity contribution in [3.05, 3.63) is 33.4 Å². The molecule has 1 aromatic rings. The van der Waals surface area contributed by atoms with E-state index in [-0.39, 0.29) is 42.8 Å². The smallest absolute Gasteiger partial charge is 0.336 e. The van der Waals surface area contributed by atoms with Crippen LogP contribution in [0.5, 0.6) is 0 Å². The largest absolute Gasteiger partial charge is 0.478 e. The zero-order chi connectivity index (χ0) is 38.3. The Balaban J connectivity index is 0. The normalized spacial score (nSPS) is 18.8. The highest BCUT2D eigenvalue weighted by Gasteiger charge is 2.28. The van der Waals surface area contributed by atoms with Gasteiger partial charge in [-0.15, -0.1) is 0 Å². The van der Waals surface area contributed by atoms with Crippen molar-refractivity contribution in [2.45, 2.75) is 133 Å². The number of esters is 6. The molecular weight excluding hydrogens is 644 g/mol. The number of carbonyl (C=O) groups is 7. The van der Waals surface area contributed by atoms with Gasteiger partial charge in [-0.3, -0.25) is 34.0 Å². The minimum absolute atomic E-state index is 0.0826. The van der Waals surface area contributed by atoms with Crippen LogP contribution in [0.3, 0.4) is 0 Å². The van der Waals surface area contributed by atoms with Crippen molar-refractivity contribution in [1.82, 2.24) is 0 Å². The van der Waals surface area contributed by atoms with Gasteiger partial charge in [0, 0.05) is 25.7 Å². The Morgan fingerprint density at radius 1 is 0.673 bits per heavy atom. The lowest BCUT2D eigenvalue weighted by atomic mass is 9.89. The summed E-state index contributed by atoms with van der Waals surface area (Å²) in [6, 6.07) is 0. The molecule has 0 saturated carbocycles. The monoisotopic (exact) mass is 698 g/mol. The molecule has 2 atom stereocenters. The summed E-state index contributed by atoms with van der Waals surface area (Å²) in [6.45, 7) is 20.0. The number of hydrogen-bond donors (Lipinski definition) is 2. The van der Waals surface area contributed by atoms with E-state index < -0.39 is 17.9 Å². The van der Waals surface area contributed by atoms with Crippen LogP contribution in [-0.2, 0) is 59.2 Å². The minimum Gasteiger partial charge on any atom is -0.478 e. The number of rotatable bonds is 3. The van der Waals surface area contributed by atoms with Gasteiger partial charge in [0.15, 0.2) is 0 Å². The quantitative estimate of drug-likeness (QED) is 0.0922. The molecule has 0 radical (unpaired) electrons. The van der Waals surface area contributed by atoms with Crippen LogP contribution >= 0.6 is 0 Å². The van der Waals surface area contributed by atoms with E-state index in [1.807, 2.05) is 41.5 Å². The number of carbonyl (C=O) groups excluding carboxylic acids is 6. The third kappa shape index (κ3) is 19.5. The summed E-state index contributed by atoms with van der Waals surface area (Å²) < 4.78 is 17.4. The third-order valence-corrected chi connectivity index (χ3v) is 7.02. The van der Waals surface area contributed by atoms with Gasteiger partial charge in [-0.1, -0.05) is 34.6 Å². The van der Waals surface area contributed by atoms with Crippen molar-refractivity contribution in [1.29, 1.82) is 0 Å². The lowest BCUT2D eigenvalue weighted by Crippen LogP contribution is -2.17. The van der Waals surface area contributed by atoms with Gasteiger partial charge < -0.3 is 24.1 Å². The van der Waals surface area contributed by atoms with Crippen molar-refractivity contribution in [2.75, 3.05) is 6.61 Å². The number of ether oxygens (including phenoxy) is 4. The van der Waals surface area contributed by atoms with Gasteiger partial charge in [-0.05, 0) is 81.7 Å². The predicted molar refractivity (Wildman–Crippen MR) is 177 cm³/mol. The molecule has 4 aliphatic rings. The van der Waals surface area contributed by atoms with E-state index in [0.29, 0.717) is 43.8 Å². The molecule has 0 bridgehead atoms. The molecule has 5 rings (SSSR count). The SMILES string of the molecule is CC.CC.CC1CC(=O)OC1=O.CC1CO1.Cc1c(C)c(C(=O)O)c(C)c(C)c1COO.O=C1CCCC(=O)O1.O=C1CCCCC(=O)O1. The van der Waals surface area contributed by atoms with Crippen molar-refractivity contribution < 1.29 is 67.8 Å². The fourth-order valence-corrected chi connectivity index (χ4v) is 4.05. The topological polar surface area (TPSA) is 209 Å². The molecule has 278 valence electrons. The van der Waals surface area contributed by atoms with Gasteiger partial charge in [0.1, 0.15) is 6.61 Å². The van der Waals surface area contributed by atoms with E-state index in [1.165, 1.54) is 0 Å². The number of benzene rings is 1. The molecule has 4 fully saturated rings. The molecule has 14 heteroatoms. The van der Waals surface area contributed by atoms with Crippen LogP contribution in [0, 0.1) is 33.6 Å². The molecule has 4 heterocycles. The predicted octanol–water partition coefficient (Wildman–Crippen LogP) is 6.03. The van der Waals surface area contributed by atoms with Crippen molar-refractivity contribution in [2.24, 2.45) is 5.92 Å². The molecule has 4 saturated heterocycles. The molecule has 1 aromatic carbocycles. The van der Waals surface area contributed by atoms with Gasteiger partial charge in [0.25, 0.3) is 0 Å². The molecule has 49 heavy (non-hydrogen) atoms. The van der Waals surface area contributed by atoms with Gasteiger partial charge in [-0.25, -0.2) is 9.68 Å². The maximum Gasteiger partial charge on any atom is 0.336 e. The average Bonchev–Trinajstić information content (AvgIpc) is 3.82. The lowest BCUT2D eigenvalue weighted by molar-refractivity contribution is -0.253. The number of epoxide rings is 1. The first kappa shape index (κ1) is 47.1. The second kappa shape index (κ2) is 25.9. The second-order valence-electron chi connectivity index (χ2n) is 10.7. The summed E-state index contributed by atoms with van der Waals surface area (Å²) in [5.41, 5.74) is 4.36. The zero-order valence-electron chi connectivity index (χ0n) is 30.5. The molecular formula is C35H54O14. The Hall–Kier alpha value is -4.01. The van der Waals surface area contributed by atoms with Crippen LogP contribution < -0.4 is 0 Å². The molecule has 0 amide bonds. The standard InChI is InChI=1S/C12H16O4.C6H8O3.2C5H6O3.C3H6O.2C2H6/c1-6-8(3)11(12(13)14)9(4)7(2)10(6)5-16-15;7-5-3-1-2-4-6(8)9-5;1-3-2-4(6)8-5(3)7;6-4-2-1-3-5(7)8-4;1-3-2-4-3;2*1-2/h15H,5H2,1-4H3,(H,13,14);1-4H2;3H,2H2,1H3;1-3H2;3H,2H2,1H3;2*1-2H3. The Morgan fingerprint density at radius 2 is 1.04 bits per heavy atom. The first-order chi connectivity index (χ1) is 23.1. The Morgan fingerprint density at radius 3 is 1.27 bits per heavy atom. The summed E-state index contributed by atoms with van der Waals surface area (Å²) in [5.74, 6) is -3.46. The maximum absolute atomic E-state index is 11.1. The number of hydrogen-bond acceptors (Lipinski definition) is 13. The van der Waals surface area contributed by atoms with Crippen LogP contribution in [0.1, 0.15) is 131 Å². The van der Waals surface area contributed by atoms with Gasteiger partial charge in [0.2, 0.25) is 0 Å². The van der Waals surface area contributed by atoms with Crippen LogP contribution in [0.4, 0.5) is 0 Å². The zero-order valence-corrected chi connectivity index (χ0v) is 30.5. The number of carboxylic acids is 1. The molecule has 14 nitrogen and oxygen atoms in total. The summed E-state index contributed by atoms with van der Waals surface area (Å²) in [6.07, 6.45) is 4.63. The number of aromatic carboxylic acids is 1. The van der Waals surface area contributed by atoms with Gasteiger partial charge >= 0.3 is 41.8 Å². The van der Waals surface area contributed by atoms with Gasteiger partial charge in [-0.2, -0.15) is 0 Å². The van der Waals surface area contributed by atoms with Crippen LogP contribution in [0.25, 0.3) is 0 Å². The van der Waals surface area contributed by atoms with E-state index >= 15 is 0 Å². The first-order valence-electron chi connectivity index (χ1n) is 16.5. The van der Waals surface area contributed by atoms with Crippen LogP contribution in [-0.4, -0.2) is 64.9 Å². The number of cyclic esters (lactones) is 6. The van der Waals surface area contributed by atoms with E-state index in [4.69, 9.17) is 15.1 Å². The summed E-state index contributed by atoms with van der Waals surface area (Å²) in [7, 11) is 0. The highest BCUT2D eigenvalue weighted by molar-refractivity contribution is 5.94. The molecule has 2 unspecified atom stereocenters. The van der Waals surface area contributed by atoms with E-state index in [9.17, 15) is 33.6 Å². The van der Waals surface area contributed by atoms with Crippen LogP contribution in [0.15, 0.2) is 0 Å². The average molecular weight is 699 g/mol. The second-order valence-corrected chi connectivity index (χ2v) is 10.7. The van der Waals surface area contributed by atoms with Crippen molar-refractivity contribution >= 4 is 41.8 Å². The first-order valence-corrected chi connectivity index (χ1v) is 16.5. The maximum atomic E-state index is 11.1. The fraction of sp³-hybridized carbons (Fsp3) is 0.629. The van der Waals surface area contributed by atoms with Gasteiger partial charge in [0.05, 0.1) is 30.6 Å². The summed E-state index contributed by atoms with van der Waals surface area (Å²) in [5, 5.41) is 17.6. The van der Waals surface area contributed by atoms with E-state index in [1.54, 1.807) is 20.8 Å². The Labute approximate surface area is 288 Å². The molecule has 0 aliphatic carbocycles. The lowest BCUT2D eigenvalue weighted by Gasteiger charge is -2.17. The third-order valence-electron chi connectivity index (χ3n) is 7.02.